The SMILES string of the molecule is CS(=O)(=O)CCOC1CNC1.Cl. The maximum atomic E-state index is 10.6. The van der Waals surface area contributed by atoms with Gasteiger partial charge in [0.05, 0.1) is 18.5 Å². The minimum Gasteiger partial charge on any atom is -0.375 e. The van der Waals surface area contributed by atoms with Gasteiger partial charge in [0.15, 0.2) is 0 Å². The van der Waals surface area contributed by atoms with Crippen molar-refractivity contribution in [1.29, 1.82) is 0 Å². The summed E-state index contributed by atoms with van der Waals surface area (Å²) in [7, 11) is -2.85. The number of halogens is 1. The van der Waals surface area contributed by atoms with Crippen LogP contribution in [0.3, 0.4) is 0 Å². The number of sulfone groups is 1. The number of hydrogen-bond acceptors (Lipinski definition) is 4. The average Bonchev–Trinajstić information content (AvgIpc) is 1.73. The molecule has 0 amide bonds. The molecule has 74 valence electrons. The molecule has 0 aromatic heterocycles. The van der Waals surface area contributed by atoms with Crippen LogP contribution in [-0.4, -0.2) is 46.2 Å². The van der Waals surface area contributed by atoms with Gasteiger partial charge in [0.25, 0.3) is 0 Å². The van der Waals surface area contributed by atoms with Crippen molar-refractivity contribution in [3.8, 4) is 0 Å². The van der Waals surface area contributed by atoms with Gasteiger partial charge < -0.3 is 10.1 Å². The van der Waals surface area contributed by atoms with Crippen LogP contribution >= 0.6 is 12.4 Å². The quantitative estimate of drug-likeness (QED) is 0.683. The van der Waals surface area contributed by atoms with Crippen LogP contribution in [0.1, 0.15) is 0 Å². The van der Waals surface area contributed by atoms with Crippen molar-refractivity contribution in [2.45, 2.75) is 6.10 Å². The molecule has 0 radical (unpaired) electrons. The van der Waals surface area contributed by atoms with Crippen molar-refractivity contribution in [2.24, 2.45) is 0 Å². The summed E-state index contributed by atoms with van der Waals surface area (Å²) in [6, 6.07) is 0. The fourth-order valence-corrected chi connectivity index (χ4v) is 1.15. The number of hydrogen-bond donors (Lipinski definition) is 1. The second kappa shape index (κ2) is 5.01. The summed E-state index contributed by atoms with van der Waals surface area (Å²) < 4.78 is 26.5. The molecule has 1 N–H and O–H groups in total. The van der Waals surface area contributed by atoms with Gasteiger partial charge in [-0.05, 0) is 0 Å². The van der Waals surface area contributed by atoms with Crippen LogP contribution in [0.5, 0.6) is 0 Å². The van der Waals surface area contributed by atoms with Crippen LogP contribution in [-0.2, 0) is 14.6 Å². The van der Waals surface area contributed by atoms with Crippen LogP contribution in [0.4, 0.5) is 0 Å². The third-order valence-corrected chi connectivity index (χ3v) is 2.46. The Morgan fingerprint density at radius 1 is 1.50 bits per heavy atom. The Hall–Kier alpha value is 0.160. The maximum Gasteiger partial charge on any atom is 0.149 e. The largest absolute Gasteiger partial charge is 0.375 e. The third-order valence-electron chi connectivity index (χ3n) is 1.55. The third kappa shape index (κ3) is 4.92. The first-order valence-corrected chi connectivity index (χ1v) is 5.64. The summed E-state index contributed by atoms with van der Waals surface area (Å²) in [5, 5.41) is 3.03. The second-order valence-corrected chi connectivity index (χ2v) is 5.04. The highest BCUT2D eigenvalue weighted by Crippen LogP contribution is 1.97. The lowest BCUT2D eigenvalue weighted by Crippen LogP contribution is -2.48. The van der Waals surface area contributed by atoms with Crippen LogP contribution in [0, 0.1) is 0 Å². The summed E-state index contributed by atoms with van der Waals surface area (Å²) in [5.74, 6) is 0.128. The molecule has 0 spiro atoms. The number of nitrogens with one attached hydrogen (secondary N) is 1. The van der Waals surface area contributed by atoms with Gasteiger partial charge in [-0.2, -0.15) is 0 Å². The summed E-state index contributed by atoms with van der Waals surface area (Å²) in [4.78, 5) is 0. The van der Waals surface area contributed by atoms with Crippen LogP contribution in [0.2, 0.25) is 0 Å². The summed E-state index contributed by atoms with van der Waals surface area (Å²) >= 11 is 0. The highest BCUT2D eigenvalue weighted by molar-refractivity contribution is 7.90. The summed E-state index contributed by atoms with van der Waals surface area (Å²) in [6.07, 6.45) is 1.45. The van der Waals surface area contributed by atoms with Gasteiger partial charge in [-0.1, -0.05) is 0 Å². The van der Waals surface area contributed by atoms with Crippen molar-refractivity contribution in [3.63, 3.8) is 0 Å². The molecule has 0 aromatic carbocycles. The van der Waals surface area contributed by atoms with Gasteiger partial charge >= 0.3 is 0 Å². The van der Waals surface area contributed by atoms with E-state index < -0.39 is 9.84 Å². The molecule has 4 nitrogen and oxygen atoms in total. The van der Waals surface area contributed by atoms with E-state index in [1.54, 1.807) is 0 Å². The Balaban J connectivity index is 0.00000121. The Morgan fingerprint density at radius 2 is 2.08 bits per heavy atom. The molecule has 0 aromatic rings. The van der Waals surface area contributed by atoms with Crippen molar-refractivity contribution in [2.75, 3.05) is 31.7 Å². The molecule has 0 saturated carbocycles. The standard InChI is InChI=1S/C6H13NO3S.ClH/c1-11(8,9)3-2-10-6-4-7-5-6;/h6-7H,2-5H2,1H3;1H. The lowest BCUT2D eigenvalue weighted by Gasteiger charge is -2.26. The van der Waals surface area contributed by atoms with Crippen LogP contribution < -0.4 is 5.32 Å². The fourth-order valence-electron chi connectivity index (χ4n) is 0.746. The van der Waals surface area contributed by atoms with Crippen molar-refractivity contribution < 1.29 is 13.2 Å². The molecule has 1 heterocycles. The lowest BCUT2D eigenvalue weighted by molar-refractivity contribution is 0.0281. The Bertz CT molecular complexity index is 213. The van der Waals surface area contributed by atoms with Gasteiger partial charge in [-0.15, -0.1) is 12.4 Å². The second-order valence-electron chi connectivity index (χ2n) is 2.78. The first-order chi connectivity index (χ1) is 5.08. The highest BCUT2D eigenvalue weighted by atomic mass is 35.5. The van der Waals surface area contributed by atoms with E-state index in [1.165, 1.54) is 6.26 Å². The molecular weight excluding hydrogens is 202 g/mol. The minimum atomic E-state index is -2.85. The summed E-state index contributed by atoms with van der Waals surface area (Å²) in [5.41, 5.74) is 0. The number of ether oxygens (including phenoxy) is 1. The molecule has 6 heteroatoms. The lowest BCUT2D eigenvalue weighted by atomic mass is 10.2. The van der Waals surface area contributed by atoms with Crippen LogP contribution in [0.15, 0.2) is 0 Å². The molecule has 0 unspecified atom stereocenters. The molecule has 1 fully saturated rings. The van der Waals surface area contributed by atoms with Crippen molar-refractivity contribution in [1.82, 2.24) is 5.32 Å². The van der Waals surface area contributed by atoms with E-state index in [1.807, 2.05) is 0 Å². The van der Waals surface area contributed by atoms with E-state index in [0.717, 1.165) is 13.1 Å². The van der Waals surface area contributed by atoms with E-state index in [9.17, 15) is 8.42 Å². The Morgan fingerprint density at radius 3 is 2.42 bits per heavy atom. The zero-order chi connectivity index (χ0) is 8.32. The monoisotopic (exact) mass is 215 g/mol. The zero-order valence-corrected chi connectivity index (χ0v) is 8.58. The molecule has 1 rings (SSSR count). The van der Waals surface area contributed by atoms with E-state index in [4.69, 9.17) is 4.74 Å². The first kappa shape index (κ1) is 12.2. The molecule has 0 atom stereocenters. The predicted molar refractivity (Wildman–Crippen MR) is 49.6 cm³/mol. The normalized spacial score (nSPS) is 18.1. The predicted octanol–water partition coefficient (Wildman–Crippen LogP) is -0.559. The van der Waals surface area contributed by atoms with Crippen molar-refractivity contribution in [3.05, 3.63) is 0 Å². The van der Waals surface area contributed by atoms with Gasteiger partial charge in [-0.25, -0.2) is 8.42 Å². The molecule has 0 aliphatic carbocycles. The van der Waals surface area contributed by atoms with E-state index in [-0.39, 0.29) is 24.3 Å². The Labute approximate surface area is 79.0 Å². The molecule has 1 saturated heterocycles. The smallest absolute Gasteiger partial charge is 0.149 e. The van der Waals surface area contributed by atoms with Gasteiger partial charge in [0, 0.05) is 19.3 Å². The van der Waals surface area contributed by atoms with E-state index >= 15 is 0 Å². The van der Waals surface area contributed by atoms with Gasteiger partial charge in [0.2, 0.25) is 0 Å². The van der Waals surface area contributed by atoms with Gasteiger partial charge in [0.1, 0.15) is 9.84 Å². The summed E-state index contributed by atoms with van der Waals surface area (Å²) in [6.45, 7) is 2.03. The first-order valence-electron chi connectivity index (χ1n) is 3.58. The van der Waals surface area contributed by atoms with Gasteiger partial charge in [-0.3, -0.25) is 0 Å². The molecule has 1 aliphatic heterocycles. The fraction of sp³-hybridized carbons (Fsp3) is 1.00. The van der Waals surface area contributed by atoms with Crippen molar-refractivity contribution >= 4 is 22.2 Å². The van der Waals surface area contributed by atoms with Crippen LogP contribution in [0.25, 0.3) is 0 Å². The maximum absolute atomic E-state index is 10.6. The average molecular weight is 216 g/mol. The molecule has 1 aliphatic rings. The Kier molecular flexibility index (Phi) is 5.08. The van der Waals surface area contributed by atoms with E-state index in [2.05, 4.69) is 5.32 Å². The highest BCUT2D eigenvalue weighted by Gasteiger charge is 2.17. The molecular formula is C6H14ClNO3S. The molecule has 0 bridgehead atoms. The zero-order valence-electron chi connectivity index (χ0n) is 6.95. The molecule has 12 heavy (non-hydrogen) atoms. The van der Waals surface area contributed by atoms with E-state index in [0.29, 0.717) is 6.61 Å². The topological polar surface area (TPSA) is 55.4 Å². The minimum absolute atomic E-state index is 0. The number of rotatable bonds is 4.